The maximum absolute atomic E-state index is 13.2. The summed E-state index contributed by atoms with van der Waals surface area (Å²) in [6, 6.07) is 26.1. The second-order valence-corrected chi connectivity index (χ2v) is 50.3. The molecule has 8 atom stereocenters. The molecule has 16 heterocycles. The van der Waals surface area contributed by atoms with Gasteiger partial charge in [0.25, 0.3) is 0 Å². The maximum Gasteiger partial charge on any atom is 0.167 e. The van der Waals surface area contributed by atoms with E-state index < -0.39 is 48.6 Å². The molecule has 141 heavy (non-hydrogen) atoms. The summed E-state index contributed by atoms with van der Waals surface area (Å²) in [7, 11) is -12.0. The van der Waals surface area contributed by atoms with E-state index in [9.17, 15) is 21.0 Å². The first-order valence-electron chi connectivity index (χ1n) is 47.5. The Morgan fingerprint density at radius 3 is 0.837 bits per heavy atom. The Morgan fingerprint density at radius 2 is 0.553 bits per heavy atom. The predicted molar refractivity (Wildman–Crippen MR) is 556 cm³/mol. The molecule has 12 aliphatic rings. The number of ether oxygens (including phenoxy) is 8. The van der Waals surface area contributed by atoms with E-state index in [0.29, 0.717) is 164 Å². The van der Waals surface area contributed by atoms with Gasteiger partial charge in [-0.2, -0.15) is 21.8 Å². The Morgan fingerprint density at radius 1 is 0.284 bits per heavy atom. The fraction of sp³-hybridized carbons (Fsp3) is 0.450. The maximum atomic E-state index is 13.2. The van der Waals surface area contributed by atoms with Crippen molar-refractivity contribution in [1.29, 1.82) is 0 Å². The van der Waals surface area contributed by atoms with Crippen LogP contribution in [0.25, 0.3) is 81.2 Å². The molecule has 8 saturated heterocycles. The number of morpholine rings is 5. The van der Waals surface area contributed by atoms with E-state index in [1.807, 2.05) is 85.3 Å². The average molecular weight is 2010 g/mol. The normalized spacial score (nSPS) is 21.5. The SMILES string of the molecule is C[C@@H]1COCCN1c1cc(N=S(C)(=O)C2COC2)nc(-c2cncc3c2C=CC3)n1.C[C@@H]1COCCN1c1cc(N=S(C)(C)=O)nc(-c2cccc3c2C=CC3)n1.C[C@@H]1COCCN1c1cc(N=S(C)(C)=O)nc(-c2ccccc2)n1.C[C@@H]1COCCN1c1cc(N=[S@@](C)(=O)C2COC2)nc(-c2cncc3c2C=CC3)n1.C[C@@H]1COCCN1c1cc(N=[S@](C)(=O)C2COC2)nc(-c2cncc3c2C=CC3)n1. The first-order chi connectivity index (χ1) is 67.9. The zero-order chi connectivity index (χ0) is 98.3. The van der Waals surface area contributed by atoms with Crippen molar-refractivity contribution in [3.8, 4) is 56.9 Å². The monoisotopic (exact) mass is 2010 g/mol. The lowest BCUT2D eigenvalue weighted by Crippen LogP contribution is -2.44. The lowest BCUT2D eigenvalue weighted by Gasteiger charge is -2.34. The van der Waals surface area contributed by atoms with Gasteiger partial charge in [-0.3, -0.25) is 15.0 Å². The van der Waals surface area contributed by atoms with Gasteiger partial charge in [0.1, 0.15) is 29.1 Å². The van der Waals surface area contributed by atoms with Crippen LogP contribution in [0.5, 0.6) is 0 Å². The molecule has 0 amide bonds. The summed E-state index contributed by atoms with van der Waals surface area (Å²) in [5.41, 5.74) is 13.7. The largest absolute Gasteiger partial charge is 0.379 e. The van der Waals surface area contributed by atoms with E-state index in [0.717, 1.165) is 154 Å². The van der Waals surface area contributed by atoms with Gasteiger partial charge in [-0.05, 0) is 105 Å². The zero-order valence-corrected chi connectivity index (χ0v) is 85.6. The van der Waals surface area contributed by atoms with Crippen LogP contribution < -0.4 is 24.5 Å². The second kappa shape index (κ2) is 43.5. The molecule has 10 aromatic rings. The van der Waals surface area contributed by atoms with Crippen LogP contribution >= 0.6 is 0 Å². The Labute approximate surface area is 825 Å². The fourth-order valence-corrected chi connectivity index (χ4v) is 22.8. The van der Waals surface area contributed by atoms with Gasteiger partial charge in [0, 0.05) is 191 Å². The molecular weight excluding hydrogens is 1890 g/mol. The zero-order valence-electron chi connectivity index (χ0n) is 81.5. The molecule has 0 bridgehead atoms. The van der Waals surface area contributed by atoms with Crippen molar-refractivity contribution >= 4 is 131 Å². The Balaban J connectivity index is 0.000000117. The van der Waals surface area contributed by atoms with E-state index in [1.165, 1.54) is 5.56 Å². The van der Waals surface area contributed by atoms with Crippen molar-refractivity contribution in [2.45, 2.75) is 106 Å². The summed E-state index contributed by atoms with van der Waals surface area (Å²) in [5, 5.41) is -0.188. The summed E-state index contributed by atoms with van der Waals surface area (Å²) < 4.78 is 130. The number of rotatable bonds is 18. The summed E-state index contributed by atoms with van der Waals surface area (Å²) >= 11 is 0. The molecule has 8 aliphatic heterocycles. The molecule has 22 rings (SSSR count). The number of fused-ring (bicyclic) bond motifs is 4. The van der Waals surface area contributed by atoms with Crippen molar-refractivity contribution in [2.75, 3.05) is 207 Å². The number of anilines is 5. The molecule has 2 aromatic carbocycles. The van der Waals surface area contributed by atoms with Gasteiger partial charge in [-0.1, -0.05) is 97.1 Å². The quantitative estimate of drug-likeness (QED) is 0.0770. The van der Waals surface area contributed by atoms with Gasteiger partial charge in [0.15, 0.2) is 58.2 Å². The highest BCUT2D eigenvalue weighted by atomic mass is 32.2. The van der Waals surface area contributed by atoms with Gasteiger partial charge in [-0.25, -0.2) is 70.9 Å². The molecule has 0 radical (unpaired) electrons. The lowest BCUT2D eigenvalue weighted by molar-refractivity contribution is 0.0430. The number of benzene rings is 2. The van der Waals surface area contributed by atoms with Gasteiger partial charge in [0.2, 0.25) is 0 Å². The molecular formula is C100H121N23O13S5. The third-order valence-corrected chi connectivity index (χ3v) is 33.3. The Hall–Kier alpha value is -11.3. The standard InChI is InChI=1S/3C21H25N5O3S.C20H24N4O2S.C17H22N4O2S/c3*1-14-11-28-7-6-26(14)20-8-19(25-30(2,27)16-12-29-13-16)23-21(24-20)18-10-22-9-15-4-3-5-17(15)18;1-14-13-26-11-10-24(14)19-12-18(23-27(2,3)25)21-20(22-19)17-9-5-7-15-6-4-8-16(15)17;1-13-12-23-10-9-21(13)16-11-15(20-24(2,3)22)18-17(19-16)14-7-5-4-6-8-14/h3*3,5,8-10,14,16H,4,6-7,11-13H2,1-2H3;4-5,7-9,12,14H,6,10-11,13H2,1-3H3;4-8,11,13H,9-10,12H2,1-3H3/t14-,30?;14-,30+;14-,30-;14-;13-/m11111/s1. The highest BCUT2D eigenvalue weighted by molar-refractivity contribution is 7.94. The number of nitrogens with zero attached hydrogens (tertiary/aromatic N) is 23. The van der Waals surface area contributed by atoms with Crippen molar-refractivity contribution in [3.63, 3.8) is 0 Å². The lowest BCUT2D eigenvalue weighted by atomic mass is 10.0. The number of aromatic nitrogens is 13. The summed E-state index contributed by atoms with van der Waals surface area (Å²) in [6.45, 7) is 23.6. The van der Waals surface area contributed by atoms with Crippen LogP contribution in [0.2, 0.25) is 0 Å². The average Bonchev–Trinajstić information content (AvgIpc) is 1.78. The van der Waals surface area contributed by atoms with E-state index >= 15 is 0 Å². The molecule has 8 aromatic heterocycles. The number of hydrogen-bond donors (Lipinski definition) is 0. The molecule has 744 valence electrons. The van der Waals surface area contributed by atoms with Crippen LogP contribution in [0, 0.1) is 0 Å². The molecule has 36 nitrogen and oxygen atoms in total. The van der Waals surface area contributed by atoms with Crippen LogP contribution in [0.3, 0.4) is 0 Å². The van der Waals surface area contributed by atoms with E-state index in [1.54, 1.807) is 68.4 Å². The third kappa shape index (κ3) is 24.1. The molecule has 8 fully saturated rings. The third-order valence-electron chi connectivity index (χ3n) is 25.8. The summed E-state index contributed by atoms with van der Waals surface area (Å²) in [5.74, 6) is 9.02. The minimum Gasteiger partial charge on any atom is -0.379 e. The molecule has 0 N–H and O–H groups in total. The highest BCUT2D eigenvalue weighted by Gasteiger charge is 2.35. The summed E-state index contributed by atoms with van der Waals surface area (Å²) in [4.78, 5) is 71.6. The Bertz CT molecular complexity index is 6720. The number of hydrogen-bond acceptors (Lipinski definition) is 36. The highest BCUT2D eigenvalue weighted by Crippen LogP contribution is 2.40. The first-order valence-corrected chi connectivity index (χ1v) is 58.1. The van der Waals surface area contributed by atoms with E-state index in [-0.39, 0.29) is 46.0 Å². The Kier molecular flexibility index (Phi) is 30.8. The molecule has 4 aliphatic carbocycles. The van der Waals surface area contributed by atoms with E-state index in [2.05, 4.69) is 161 Å². The fourth-order valence-electron chi connectivity index (χ4n) is 17.8. The molecule has 1 unspecified atom stereocenters. The number of pyridine rings is 3. The van der Waals surface area contributed by atoms with Crippen LogP contribution in [-0.4, -0.2) is 314 Å². The van der Waals surface area contributed by atoms with Crippen LogP contribution in [0.1, 0.15) is 79.1 Å². The first kappa shape index (κ1) is 99.8. The second-order valence-electron chi connectivity index (χ2n) is 37.5. The smallest absolute Gasteiger partial charge is 0.167 e. The molecule has 0 spiro atoms. The van der Waals surface area contributed by atoms with Crippen LogP contribution in [0.4, 0.5) is 58.2 Å². The molecule has 0 saturated carbocycles. The van der Waals surface area contributed by atoms with Gasteiger partial charge >= 0.3 is 0 Å². The van der Waals surface area contributed by atoms with Crippen molar-refractivity contribution < 1.29 is 58.9 Å². The van der Waals surface area contributed by atoms with E-state index in [4.69, 9.17) is 77.8 Å². The van der Waals surface area contributed by atoms with Crippen molar-refractivity contribution in [2.24, 2.45) is 21.8 Å². The number of allylic oxidation sites excluding steroid dienone is 4. The molecule has 41 heteroatoms. The van der Waals surface area contributed by atoms with Crippen LogP contribution in [-0.2, 0) is 112 Å². The minimum atomic E-state index is -2.46. The topological polar surface area (TPSA) is 405 Å². The van der Waals surface area contributed by atoms with Crippen molar-refractivity contribution in [1.82, 2.24) is 64.8 Å². The van der Waals surface area contributed by atoms with Gasteiger partial charge in [-0.15, -0.1) is 0 Å². The summed E-state index contributed by atoms with van der Waals surface area (Å²) in [6.07, 6.45) is 42.9. The van der Waals surface area contributed by atoms with Gasteiger partial charge < -0.3 is 62.4 Å². The predicted octanol–water partition coefficient (Wildman–Crippen LogP) is 13.4. The van der Waals surface area contributed by atoms with Gasteiger partial charge in [0.05, 0.1) is 181 Å². The van der Waals surface area contributed by atoms with Crippen molar-refractivity contribution in [3.05, 3.63) is 185 Å². The van der Waals surface area contributed by atoms with Crippen LogP contribution in [0.15, 0.2) is 162 Å². The minimum absolute atomic E-state index is 0.0627.